The summed E-state index contributed by atoms with van der Waals surface area (Å²) in [7, 11) is 0. The van der Waals surface area contributed by atoms with Crippen molar-refractivity contribution in [2.24, 2.45) is 0 Å². The molecule has 0 amide bonds. The van der Waals surface area contributed by atoms with Gasteiger partial charge in [-0.15, -0.1) is 0 Å². The molecule has 0 fully saturated rings. The first-order valence-electron chi connectivity index (χ1n) is 5.11. The topological polar surface area (TPSA) is 45.1 Å². The third kappa shape index (κ3) is 3.93. The highest BCUT2D eigenvalue weighted by atomic mass is 19.1. The van der Waals surface area contributed by atoms with Crippen LogP contribution in [0.1, 0.15) is 31.9 Å². The number of hydrogen-bond acceptors (Lipinski definition) is 3. The summed E-state index contributed by atoms with van der Waals surface area (Å²) in [4.78, 5) is 3.79. The monoisotopic (exact) mass is 212 g/mol. The Kier molecular flexibility index (Phi) is 4.65. The van der Waals surface area contributed by atoms with Crippen LogP contribution in [0.4, 0.5) is 4.39 Å². The molecule has 0 aliphatic carbocycles. The first-order chi connectivity index (χ1) is 7.13. The molecular weight excluding hydrogens is 195 g/mol. The number of rotatable bonds is 5. The van der Waals surface area contributed by atoms with Crippen LogP contribution < -0.4 is 5.32 Å². The van der Waals surface area contributed by atoms with Crippen molar-refractivity contribution in [2.75, 3.05) is 6.61 Å². The molecule has 0 aliphatic rings. The molecule has 84 valence electrons. The lowest BCUT2D eigenvalue weighted by atomic mass is 10.1. The summed E-state index contributed by atoms with van der Waals surface area (Å²) >= 11 is 0. The molecule has 0 aliphatic heterocycles. The van der Waals surface area contributed by atoms with Crippen molar-refractivity contribution >= 4 is 0 Å². The maximum atomic E-state index is 12.9. The molecule has 1 aromatic heterocycles. The summed E-state index contributed by atoms with van der Waals surface area (Å²) in [5.41, 5.74) is 0.819. The van der Waals surface area contributed by atoms with Crippen LogP contribution in [0, 0.1) is 5.82 Å². The highest BCUT2D eigenvalue weighted by Gasteiger charge is 2.09. The van der Waals surface area contributed by atoms with E-state index in [9.17, 15) is 4.39 Å². The van der Waals surface area contributed by atoms with Crippen LogP contribution in [0.15, 0.2) is 18.5 Å². The molecule has 0 aromatic carbocycles. The lowest BCUT2D eigenvalue weighted by Gasteiger charge is -2.19. The number of halogens is 1. The molecule has 0 radical (unpaired) electrons. The highest BCUT2D eigenvalue weighted by Crippen LogP contribution is 2.13. The molecule has 1 heterocycles. The molecule has 0 saturated carbocycles. The minimum absolute atomic E-state index is 0.0368. The molecule has 2 atom stereocenters. The Hall–Kier alpha value is -1.00. The van der Waals surface area contributed by atoms with Gasteiger partial charge in [0.25, 0.3) is 0 Å². The van der Waals surface area contributed by atoms with Crippen LogP contribution in [0.5, 0.6) is 0 Å². The summed E-state index contributed by atoms with van der Waals surface area (Å²) in [5.74, 6) is -0.323. The minimum atomic E-state index is -0.323. The quantitative estimate of drug-likeness (QED) is 0.780. The highest BCUT2D eigenvalue weighted by molar-refractivity contribution is 5.14. The second kappa shape index (κ2) is 5.78. The first kappa shape index (κ1) is 12.1. The predicted octanol–water partition coefficient (Wildman–Crippen LogP) is 1.64. The molecule has 2 unspecified atom stereocenters. The van der Waals surface area contributed by atoms with Crippen LogP contribution in [0.2, 0.25) is 0 Å². The van der Waals surface area contributed by atoms with E-state index >= 15 is 0 Å². The van der Waals surface area contributed by atoms with Crippen LogP contribution in [0.25, 0.3) is 0 Å². The van der Waals surface area contributed by atoms with Gasteiger partial charge in [-0.3, -0.25) is 4.98 Å². The smallest absolute Gasteiger partial charge is 0.141 e. The van der Waals surface area contributed by atoms with E-state index in [0.717, 1.165) is 5.56 Å². The van der Waals surface area contributed by atoms with Crippen LogP contribution in [-0.4, -0.2) is 22.7 Å². The molecule has 15 heavy (non-hydrogen) atoms. The summed E-state index contributed by atoms with van der Waals surface area (Å²) in [6, 6.07) is 1.71. The van der Waals surface area contributed by atoms with Crippen LogP contribution >= 0.6 is 0 Å². The van der Waals surface area contributed by atoms with Gasteiger partial charge in [-0.2, -0.15) is 0 Å². The molecule has 2 N–H and O–H groups in total. The molecule has 0 saturated heterocycles. The number of aliphatic hydroxyl groups excluding tert-OH is 1. The fraction of sp³-hybridized carbons (Fsp3) is 0.545. The lowest BCUT2D eigenvalue weighted by Crippen LogP contribution is -2.29. The lowest BCUT2D eigenvalue weighted by molar-refractivity contribution is 0.264. The van der Waals surface area contributed by atoms with Gasteiger partial charge in [0.1, 0.15) is 5.82 Å². The fourth-order valence-electron chi connectivity index (χ4n) is 1.47. The van der Waals surface area contributed by atoms with Gasteiger partial charge in [0.15, 0.2) is 0 Å². The molecule has 3 nitrogen and oxygen atoms in total. The van der Waals surface area contributed by atoms with E-state index in [1.165, 1.54) is 12.3 Å². The average Bonchev–Trinajstić information content (AvgIpc) is 2.18. The van der Waals surface area contributed by atoms with E-state index in [4.69, 9.17) is 5.11 Å². The second-order valence-corrected chi connectivity index (χ2v) is 3.74. The van der Waals surface area contributed by atoms with Crippen molar-refractivity contribution in [3.05, 3.63) is 29.8 Å². The van der Waals surface area contributed by atoms with E-state index in [-0.39, 0.29) is 24.5 Å². The Morgan fingerprint density at radius 3 is 2.80 bits per heavy atom. The largest absolute Gasteiger partial charge is 0.396 e. The van der Waals surface area contributed by atoms with Crippen molar-refractivity contribution in [2.45, 2.75) is 32.4 Å². The second-order valence-electron chi connectivity index (χ2n) is 3.74. The SMILES string of the molecule is CC(CCO)NC(C)c1cncc(F)c1. The third-order valence-corrected chi connectivity index (χ3v) is 2.32. The van der Waals surface area contributed by atoms with Gasteiger partial charge in [-0.05, 0) is 31.9 Å². The number of pyridine rings is 1. The summed E-state index contributed by atoms with van der Waals surface area (Å²) in [6.07, 6.45) is 3.52. The Balaban J connectivity index is 2.56. The van der Waals surface area contributed by atoms with E-state index in [1.54, 1.807) is 6.20 Å². The van der Waals surface area contributed by atoms with Gasteiger partial charge in [0, 0.05) is 24.9 Å². The van der Waals surface area contributed by atoms with Crippen molar-refractivity contribution in [1.29, 1.82) is 0 Å². The zero-order valence-electron chi connectivity index (χ0n) is 9.07. The molecular formula is C11H17FN2O. The van der Waals surface area contributed by atoms with E-state index in [1.807, 2.05) is 13.8 Å². The van der Waals surface area contributed by atoms with Gasteiger partial charge < -0.3 is 10.4 Å². The van der Waals surface area contributed by atoms with Crippen LogP contribution in [-0.2, 0) is 0 Å². The zero-order valence-corrected chi connectivity index (χ0v) is 9.07. The Bertz CT molecular complexity index is 306. The predicted molar refractivity (Wildman–Crippen MR) is 56.9 cm³/mol. The fourth-order valence-corrected chi connectivity index (χ4v) is 1.47. The van der Waals surface area contributed by atoms with Crippen molar-refractivity contribution in [3.8, 4) is 0 Å². The molecule has 4 heteroatoms. The van der Waals surface area contributed by atoms with Gasteiger partial charge >= 0.3 is 0 Å². The number of nitrogens with one attached hydrogen (secondary N) is 1. The Labute approximate surface area is 89.4 Å². The van der Waals surface area contributed by atoms with Crippen molar-refractivity contribution in [3.63, 3.8) is 0 Å². The number of hydrogen-bond donors (Lipinski definition) is 2. The van der Waals surface area contributed by atoms with E-state index in [2.05, 4.69) is 10.3 Å². The van der Waals surface area contributed by atoms with Gasteiger partial charge in [-0.1, -0.05) is 0 Å². The summed E-state index contributed by atoms with van der Waals surface area (Å²) in [5, 5.41) is 12.0. The summed E-state index contributed by atoms with van der Waals surface area (Å²) < 4.78 is 12.9. The maximum Gasteiger partial charge on any atom is 0.141 e. The van der Waals surface area contributed by atoms with E-state index < -0.39 is 0 Å². The average molecular weight is 212 g/mol. The molecule has 1 rings (SSSR count). The third-order valence-electron chi connectivity index (χ3n) is 2.32. The number of aromatic nitrogens is 1. The normalized spacial score (nSPS) is 14.9. The van der Waals surface area contributed by atoms with Gasteiger partial charge in [0.05, 0.1) is 6.20 Å². The Morgan fingerprint density at radius 1 is 1.47 bits per heavy atom. The van der Waals surface area contributed by atoms with Crippen molar-refractivity contribution in [1.82, 2.24) is 10.3 Å². The Morgan fingerprint density at radius 2 is 2.20 bits per heavy atom. The first-order valence-corrected chi connectivity index (χ1v) is 5.11. The van der Waals surface area contributed by atoms with Gasteiger partial charge in [0.2, 0.25) is 0 Å². The number of nitrogens with zero attached hydrogens (tertiary/aromatic N) is 1. The standard InChI is InChI=1S/C11H17FN2O/c1-8(3-4-15)14-9(2)10-5-11(12)7-13-6-10/h5-9,14-15H,3-4H2,1-2H3. The molecule has 1 aromatic rings. The molecule has 0 spiro atoms. The van der Waals surface area contributed by atoms with Crippen LogP contribution in [0.3, 0.4) is 0 Å². The van der Waals surface area contributed by atoms with Gasteiger partial charge in [-0.25, -0.2) is 4.39 Å². The maximum absolute atomic E-state index is 12.9. The summed E-state index contributed by atoms with van der Waals surface area (Å²) in [6.45, 7) is 4.09. The number of aliphatic hydroxyl groups is 1. The minimum Gasteiger partial charge on any atom is -0.396 e. The molecule has 0 bridgehead atoms. The van der Waals surface area contributed by atoms with E-state index in [0.29, 0.717) is 6.42 Å². The zero-order chi connectivity index (χ0) is 11.3. The van der Waals surface area contributed by atoms with Crippen molar-refractivity contribution < 1.29 is 9.50 Å².